The molecule has 0 saturated carbocycles. The number of rotatable bonds is 4. The van der Waals surface area contributed by atoms with Crippen LogP contribution < -0.4 is 10.6 Å². The average molecular weight is 376 g/mol. The predicted octanol–water partition coefficient (Wildman–Crippen LogP) is 4.89. The predicted molar refractivity (Wildman–Crippen MR) is 88.4 cm³/mol. The van der Waals surface area contributed by atoms with Gasteiger partial charge < -0.3 is 10.6 Å². The third kappa shape index (κ3) is 3.34. The molecular formula is C13H13BrCl2N4. The topological polar surface area (TPSA) is 49.8 Å². The average Bonchev–Trinajstić information content (AvgIpc) is 2.47. The summed E-state index contributed by atoms with van der Waals surface area (Å²) in [6.45, 7) is 2.00. The number of aromatic nitrogens is 2. The van der Waals surface area contributed by atoms with Crippen molar-refractivity contribution >= 4 is 56.5 Å². The molecule has 1 aromatic heterocycles. The number of hydrogen-bond acceptors (Lipinski definition) is 4. The lowest BCUT2D eigenvalue weighted by Gasteiger charge is -2.11. The summed E-state index contributed by atoms with van der Waals surface area (Å²) >= 11 is 15.6. The Balaban J connectivity index is 2.37. The second kappa shape index (κ2) is 6.61. The molecule has 106 valence electrons. The van der Waals surface area contributed by atoms with Crippen molar-refractivity contribution in [3.63, 3.8) is 0 Å². The van der Waals surface area contributed by atoms with Gasteiger partial charge in [0.25, 0.3) is 0 Å². The van der Waals surface area contributed by atoms with E-state index in [4.69, 9.17) is 23.2 Å². The first-order valence-electron chi connectivity index (χ1n) is 6.01. The Bertz CT molecular complexity index is 612. The molecule has 0 aliphatic carbocycles. The summed E-state index contributed by atoms with van der Waals surface area (Å²) in [6, 6.07) is 5.48. The zero-order valence-electron chi connectivity index (χ0n) is 11.0. The molecule has 20 heavy (non-hydrogen) atoms. The third-order valence-electron chi connectivity index (χ3n) is 2.64. The first-order valence-corrected chi connectivity index (χ1v) is 7.56. The van der Waals surface area contributed by atoms with Crippen molar-refractivity contribution in [1.29, 1.82) is 0 Å². The SMILES string of the molecule is CCc1nc(NC)cc(Nc2ccc(Br)c(Cl)c2Cl)n1. The smallest absolute Gasteiger partial charge is 0.136 e. The molecule has 0 atom stereocenters. The Morgan fingerprint density at radius 3 is 2.50 bits per heavy atom. The van der Waals surface area contributed by atoms with E-state index in [0.29, 0.717) is 21.6 Å². The van der Waals surface area contributed by atoms with Crippen LogP contribution in [-0.4, -0.2) is 17.0 Å². The van der Waals surface area contributed by atoms with E-state index < -0.39 is 0 Å². The van der Waals surface area contributed by atoms with Gasteiger partial charge in [-0.15, -0.1) is 0 Å². The van der Waals surface area contributed by atoms with E-state index >= 15 is 0 Å². The van der Waals surface area contributed by atoms with Crippen LogP contribution in [0.1, 0.15) is 12.7 Å². The van der Waals surface area contributed by atoms with E-state index in [2.05, 4.69) is 36.5 Å². The van der Waals surface area contributed by atoms with Crippen LogP contribution in [0.3, 0.4) is 0 Å². The number of nitrogens with one attached hydrogen (secondary N) is 2. The molecule has 2 aromatic rings. The van der Waals surface area contributed by atoms with Crippen molar-refractivity contribution in [2.24, 2.45) is 0 Å². The molecule has 2 N–H and O–H groups in total. The molecule has 0 bridgehead atoms. The molecule has 0 unspecified atom stereocenters. The number of anilines is 3. The molecule has 1 heterocycles. The fourth-order valence-electron chi connectivity index (χ4n) is 1.61. The maximum absolute atomic E-state index is 6.21. The van der Waals surface area contributed by atoms with Crippen molar-refractivity contribution in [3.05, 3.63) is 38.5 Å². The summed E-state index contributed by atoms with van der Waals surface area (Å²) in [5.74, 6) is 2.17. The molecule has 0 aliphatic heterocycles. The minimum Gasteiger partial charge on any atom is -0.373 e. The van der Waals surface area contributed by atoms with Crippen molar-refractivity contribution in [2.75, 3.05) is 17.7 Å². The largest absolute Gasteiger partial charge is 0.373 e. The van der Waals surface area contributed by atoms with Gasteiger partial charge >= 0.3 is 0 Å². The van der Waals surface area contributed by atoms with Gasteiger partial charge in [-0.25, -0.2) is 9.97 Å². The highest BCUT2D eigenvalue weighted by Gasteiger charge is 2.10. The molecule has 0 aliphatic rings. The molecule has 0 radical (unpaired) electrons. The van der Waals surface area contributed by atoms with Crippen LogP contribution in [0.2, 0.25) is 10.0 Å². The Kier molecular flexibility index (Phi) is 5.07. The fourth-order valence-corrected chi connectivity index (χ4v) is 2.43. The van der Waals surface area contributed by atoms with Crippen LogP contribution in [0.25, 0.3) is 0 Å². The normalized spacial score (nSPS) is 10.4. The second-order valence-electron chi connectivity index (χ2n) is 4.01. The molecule has 2 rings (SSSR count). The van der Waals surface area contributed by atoms with E-state index in [1.54, 1.807) is 0 Å². The summed E-state index contributed by atoms with van der Waals surface area (Å²) < 4.78 is 0.752. The first kappa shape index (κ1) is 15.4. The number of halogens is 3. The van der Waals surface area contributed by atoms with Crippen LogP contribution in [-0.2, 0) is 6.42 Å². The maximum atomic E-state index is 6.21. The summed E-state index contributed by atoms with van der Waals surface area (Å²) in [4.78, 5) is 8.75. The lowest BCUT2D eigenvalue weighted by atomic mass is 10.3. The van der Waals surface area contributed by atoms with Crippen LogP contribution in [0, 0.1) is 0 Å². The van der Waals surface area contributed by atoms with Gasteiger partial charge in [0.1, 0.15) is 17.5 Å². The Morgan fingerprint density at radius 2 is 1.85 bits per heavy atom. The Hall–Kier alpha value is -1.04. The molecule has 0 saturated heterocycles. The third-order valence-corrected chi connectivity index (χ3v) is 4.41. The molecular weight excluding hydrogens is 363 g/mol. The van der Waals surface area contributed by atoms with Gasteiger partial charge in [-0.2, -0.15) is 0 Å². The number of nitrogens with zero attached hydrogens (tertiary/aromatic N) is 2. The van der Waals surface area contributed by atoms with Crippen molar-refractivity contribution < 1.29 is 0 Å². The summed E-state index contributed by atoms with van der Waals surface area (Å²) in [7, 11) is 1.81. The maximum Gasteiger partial charge on any atom is 0.136 e. The van der Waals surface area contributed by atoms with Crippen LogP contribution in [0.15, 0.2) is 22.7 Å². The second-order valence-corrected chi connectivity index (χ2v) is 5.62. The zero-order chi connectivity index (χ0) is 14.7. The monoisotopic (exact) mass is 374 g/mol. The van der Waals surface area contributed by atoms with Gasteiger partial charge in [0.05, 0.1) is 15.7 Å². The highest BCUT2D eigenvalue weighted by molar-refractivity contribution is 9.10. The van der Waals surface area contributed by atoms with Gasteiger partial charge in [0.2, 0.25) is 0 Å². The lowest BCUT2D eigenvalue weighted by molar-refractivity contribution is 0.945. The number of aryl methyl sites for hydroxylation is 1. The van der Waals surface area contributed by atoms with E-state index in [1.807, 2.05) is 32.2 Å². The first-order chi connectivity index (χ1) is 9.55. The van der Waals surface area contributed by atoms with Gasteiger partial charge in [-0.1, -0.05) is 30.1 Å². The summed E-state index contributed by atoms with van der Waals surface area (Å²) in [6.07, 6.45) is 0.749. The molecule has 0 spiro atoms. The zero-order valence-corrected chi connectivity index (χ0v) is 14.1. The minimum absolute atomic E-state index is 0.448. The van der Waals surface area contributed by atoms with Gasteiger partial charge in [0.15, 0.2) is 0 Å². The van der Waals surface area contributed by atoms with Gasteiger partial charge in [-0.05, 0) is 28.1 Å². The highest BCUT2D eigenvalue weighted by Crippen LogP contribution is 2.37. The van der Waals surface area contributed by atoms with E-state index in [-0.39, 0.29) is 0 Å². The van der Waals surface area contributed by atoms with E-state index in [1.165, 1.54) is 0 Å². The van der Waals surface area contributed by atoms with Gasteiger partial charge in [-0.3, -0.25) is 0 Å². The summed E-state index contributed by atoms with van der Waals surface area (Å²) in [5, 5.41) is 7.08. The molecule has 7 heteroatoms. The van der Waals surface area contributed by atoms with Crippen LogP contribution in [0.4, 0.5) is 17.3 Å². The number of benzene rings is 1. The Morgan fingerprint density at radius 1 is 1.15 bits per heavy atom. The molecule has 4 nitrogen and oxygen atoms in total. The van der Waals surface area contributed by atoms with Crippen LogP contribution in [0.5, 0.6) is 0 Å². The fraction of sp³-hybridized carbons (Fsp3) is 0.231. The number of hydrogen-bond donors (Lipinski definition) is 2. The lowest BCUT2D eigenvalue weighted by Crippen LogP contribution is -2.03. The standard InChI is InChI=1S/C13H13BrCl2N4/c1-3-9-19-10(17-2)6-11(20-9)18-8-5-4-7(14)12(15)13(8)16/h4-6H,3H2,1-2H3,(H2,17,18,19,20). The quantitative estimate of drug-likeness (QED) is 0.746. The summed E-state index contributed by atoms with van der Waals surface area (Å²) in [5.41, 5.74) is 0.697. The highest BCUT2D eigenvalue weighted by atomic mass is 79.9. The van der Waals surface area contributed by atoms with E-state index in [0.717, 1.165) is 22.5 Å². The van der Waals surface area contributed by atoms with Crippen molar-refractivity contribution in [3.8, 4) is 0 Å². The molecule has 1 aromatic carbocycles. The molecule has 0 amide bonds. The van der Waals surface area contributed by atoms with Gasteiger partial charge in [0, 0.05) is 24.0 Å². The van der Waals surface area contributed by atoms with E-state index in [9.17, 15) is 0 Å². The van der Waals surface area contributed by atoms with Crippen molar-refractivity contribution in [2.45, 2.75) is 13.3 Å². The van der Waals surface area contributed by atoms with Crippen molar-refractivity contribution in [1.82, 2.24) is 9.97 Å². The Labute approximate surface area is 136 Å². The minimum atomic E-state index is 0.448. The van der Waals surface area contributed by atoms with Crippen LogP contribution >= 0.6 is 39.1 Å². The molecule has 0 fully saturated rings.